The number of nitrogens with zero attached hydrogens (tertiary/aromatic N) is 4. The standard InChI is InChI=1S/C23H29N5O2/c1-5-6-11-26(3)14-19-22(25-21-10-8-17(24)13-28(19)21)16-7-9-20-18(12-16)27(4)23(29)15(2)30-20/h7-10,12-13,15H,5-6,11,14,24H2,1-4H3. The fraction of sp³-hybridized carbons (Fsp3) is 0.391. The molecule has 1 unspecified atom stereocenters. The molecule has 1 aromatic carbocycles. The monoisotopic (exact) mass is 407 g/mol. The van der Waals surface area contributed by atoms with Crippen LogP contribution < -0.4 is 15.4 Å². The molecule has 7 nitrogen and oxygen atoms in total. The third-order valence-electron chi connectivity index (χ3n) is 5.63. The number of benzene rings is 1. The summed E-state index contributed by atoms with van der Waals surface area (Å²) in [6.07, 6.45) is 3.75. The Morgan fingerprint density at radius 3 is 2.83 bits per heavy atom. The summed E-state index contributed by atoms with van der Waals surface area (Å²) in [5.41, 5.74) is 11.3. The van der Waals surface area contributed by atoms with E-state index in [1.165, 1.54) is 0 Å². The van der Waals surface area contributed by atoms with Crippen molar-refractivity contribution in [1.82, 2.24) is 14.3 Å². The highest BCUT2D eigenvalue weighted by Gasteiger charge is 2.29. The predicted molar refractivity (Wildman–Crippen MR) is 120 cm³/mol. The fourth-order valence-electron chi connectivity index (χ4n) is 3.91. The lowest BCUT2D eigenvalue weighted by Crippen LogP contribution is -2.41. The zero-order valence-electron chi connectivity index (χ0n) is 18.1. The van der Waals surface area contributed by atoms with E-state index in [0.29, 0.717) is 11.4 Å². The Bertz CT molecular complexity index is 1090. The number of hydrogen-bond acceptors (Lipinski definition) is 5. The quantitative estimate of drug-likeness (QED) is 0.676. The highest BCUT2D eigenvalue weighted by Crippen LogP contribution is 2.37. The number of ether oxygens (including phenoxy) is 1. The molecule has 3 heterocycles. The van der Waals surface area contributed by atoms with Crippen molar-refractivity contribution < 1.29 is 9.53 Å². The third kappa shape index (κ3) is 3.61. The molecule has 1 aliphatic rings. The van der Waals surface area contributed by atoms with E-state index >= 15 is 0 Å². The first kappa shape index (κ1) is 20.2. The second-order valence-electron chi connectivity index (χ2n) is 8.03. The molecule has 158 valence electrons. The summed E-state index contributed by atoms with van der Waals surface area (Å²) in [5, 5.41) is 0. The van der Waals surface area contributed by atoms with E-state index in [1.807, 2.05) is 36.5 Å². The van der Waals surface area contributed by atoms with Crippen molar-refractivity contribution in [2.24, 2.45) is 0 Å². The number of rotatable bonds is 6. The number of amides is 1. The van der Waals surface area contributed by atoms with E-state index in [1.54, 1.807) is 18.9 Å². The third-order valence-corrected chi connectivity index (χ3v) is 5.63. The van der Waals surface area contributed by atoms with Crippen molar-refractivity contribution >= 4 is 22.9 Å². The maximum absolute atomic E-state index is 12.4. The Kier molecular flexibility index (Phi) is 5.39. The Hall–Kier alpha value is -3.06. The first-order valence-electron chi connectivity index (χ1n) is 10.4. The highest BCUT2D eigenvalue weighted by atomic mass is 16.5. The van der Waals surface area contributed by atoms with Crippen LogP contribution in [0.1, 0.15) is 32.4 Å². The van der Waals surface area contributed by atoms with Gasteiger partial charge < -0.3 is 24.7 Å². The van der Waals surface area contributed by atoms with E-state index in [9.17, 15) is 4.79 Å². The average molecular weight is 408 g/mol. The van der Waals surface area contributed by atoms with Gasteiger partial charge in [-0.1, -0.05) is 13.3 Å². The van der Waals surface area contributed by atoms with Crippen molar-refractivity contribution in [3.63, 3.8) is 0 Å². The Labute approximate surface area is 177 Å². The van der Waals surface area contributed by atoms with Gasteiger partial charge in [0, 0.05) is 31.0 Å². The molecule has 0 saturated heterocycles. The van der Waals surface area contributed by atoms with Crippen molar-refractivity contribution in [3.8, 4) is 17.0 Å². The number of hydrogen-bond donors (Lipinski definition) is 1. The molecule has 0 bridgehead atoms. The molecule has 3 aromatic rings. The smallest absolute Gasteiger partial charge is 0.267 e. The topological polar surface area (TPSA) is 76.1 Å². The molecular formula is C23H29N5O2. The van der Waals surface area contributed by atoms with E-state index < -0.39 is 6.10 Å². The number of likely N-dealkylation sites (N-methyl/N-ethyl adjacent to an activating group) is 1. The Morgan fingerprint density at radius 2 is 2.07 bits per heavy atom. The summed E-state index contributed by atoms with van der Waals surface area (Å²) < 4.78 is 7.85. The SMILES string of the molecule is CCCCN(C)Cc1c(-c2ccc3c(c2)N(C)C(=O)C(C)O3)nc2ccc(N)cn12. The predicted octanol–water partition coefficient (Wildman–Crippen LogP) is 3.56. The first-order chi connectivity index (χ1) is 14.4. The molecule has 2 aromatic heterocycles. The molecule has 0 saturated carbocycles. The minimum absolute atomic E-state index is 0.0538. The molecule has 2 N–H and O–H groups in total. The molecule has 1 amide bonds. The number of carbonyl (C=O) groups excluding carboxylic acids is 1. The molecule has 0 radical (unpaired) electrons. The normalized spacial score (nSPS) is 16.2. The molecular weight excluding hydrogens is 378 g/mol. The van der Waals surface area contributed by atoms with Crippen LogP contribution >= 0.6 is 0 Å². The summed E-state index contributed by atoms with van der Waals surface area (Å²) in [5.74, 6) is 0.657. The summed E-state index contributed by atoms with van der Waals surface area (Å²) in [7, 11) is 3.91. The minimum Gasteiger partial charge on any atom is -0.479 e. The number of imidazole rings is 1. The average Bonchev–Trinajstić information content (AvgIpc) is 3.08. The number of pyridine rings is 1. The molecule has 1 atom stereocenters. The second-order valence-corrected chi connectivity index (χ2v) is 8.03. The van der Waals surface area contributed by atoms with Crippen LogP contribution in [0.2, 0.25) is 0 Å². The van der Waals surface area contributed by atoms with Gasteiger partial charge >= 0.3 is 0 Å². The van der Waals surface area contributed by atoms with E-state index in [2.05, 4.69) is 23.3 Å². The van der Waals surface area contributed by atoms with E-state index in [4.69, 9.17) is 15.5 Å². The fourth-order valence-corrected chi connectivity index (χ4v) is 3.91. The number of unbranched alkanes of at least 4 members (excludes halogenated alkanes) is 1. The number of fused-ring (bicyclic) bond motifs is 2. The van der Waals surface area contributed by atoms with Crippen LogP contribution in [0.4, 0.5) is 11.4 Å². The molecule has 4 rings (SSSR count). The van der Waals surface area contributed by atoms with Crippen LogP contribution in [0.25, 0.3) is 16.9 Å². The van der Waals surface area contributed by atoms with Crippen molar-refractivity contribution in [2.75, 3.05) is 31.3 Å². The Balaban J connectivity index is 1.81. The van der Waals surface area contributed by atoms with Crippen LogP contribution in [-0.4, -0.2) is 46.9 Å². The van der Waals surface area contributed by atoms with Gasteiger partial charge in [-0.3, -0.25) is 4.79 Å². The number of aromatic nitrogens is 2. The largest absolute Gasteiger partial charge is 0.479 e. The zero-order chi connectivity index (χ0) is 21.4. The molecule has 1 aliphatic heterocycles. The van der Waals surface area contributed by atoms with Crippen molar-refractivity contribution in [3.05, 3.63) is 42.2 Å². The second kappa shape index (κ2) is 7.99. The summed E-state index contributed by atoms with van der Waals surface area (Å²) in [6.45, 7) is 5.73. The van der Waals surface area contributed by atoms with Crippen LogP contribution in [0, 0.1) is 0 Å². The van der Waals surface area contributed by atoms with Crippen LogP contribution in [-0.2, 0) is 11.3 Å². The van der Waals surface area contributed by atoms with Gasteiger partial charge in [0.05, 0.1) is 17.1 Å². The van der Waals surface area contributed by atoms with Gasteiger partial charge in [-0.05, 0) is 57.3 Å². The van der Waals surface area contributed by atoms with Gasteiger partial charge in [0.15, 0.2) is 6.10 Å². The Morgan fingerprint density at radius 1 is 1.27 bits per heavy atom. The van der Waals surface area contributed by atoms with Gasteiger partial charge in [0.25, 0.3) is 5.91 Å². The van der Waals surface area contributed by atoms with Crippen molar-refractivity contribution in [1.29, 1.82) is 0 Å². The first-order valence-corrected chi connectivity index (χ1v) is 10.4. The maximum atomic E-state index is 12.4. The van der Waals surface area contributed by atoms with Crippen molar-refractivity contribution in [2.45, 2.75) is 39.3 Å². The van der Waals surface area contributed by atoms with Crippen LogP contribution in [0.5, 0.6) is 5.75 Å². The molecule has 30 heavy (non-hydrogen) atoms. The lowest BCUT2D eigenvalue weighted by molar-refractivity contribution is -0.125. The summed E-state index contributed by atoms with van der Waals surface area (Å²) in [6, 6.07) is 9.72. The van der Waals surface area contributed by atoms with Gasteiger partial charge in [0.1, 0.15) is 11.4 Å². The molecule has 0 spiro atoms. The van der Waals surface area contributed by atoms with Gasteiger partial charge in [0.2, 0.25) is 0 Å². The van der Waals surface area contributed by atoms with Gasteiger partial charge in [-0.15, -0.1) is 0 Å². The summed E-state index contributed by atoms with van der Waals surface area (Å²) >= 11 is 0. The van der Waals surface area contributed by atoms with Crippen LogP contribution in [0.3, 0.4) is 0 Å². The zero-order valence-corrected chi connectivity index (χ0v) is 18.1. The lowest BCUT2D eigenvalue weighted by atomic mass is 10.1. The number of anilines is 2. The van der Waals surface area contributed by atoms with Crippen LogP contribution in [0.15, 0.2) is 36.5 Å². The molecule has 0 fully saturated rings. The van der Waals surface area contributed by atoms with E-state index in [-0.39, 0.29) is 5.91 Å². The maximum Gasteiger partial charge on any atom is 0.267 e. The minimum atomic E-state index is -0.478. The van der Waals surface area contributed by atoms with Gasteiger partial charge in [-0.25, -0.2) is 4.98 Å². The van der Waals surface area contributed by atoms with Gasteiger partial charge in [-0.2, -0.15) is 0 Å². The highest BCUT2D eigenvalue weighted by molar-refractivity contribution is 6.00. The number of nitrogen functional groups attached to an aromatic ring is 1. The lowest BCUT2D eigenvalue weighted by Gasteiger charge is -2.30. The summed E-state index contributed by atoms with van der Waals surface area (Å²) in [4.78, 5) is 21.3. The molecule has 0 aliphatic carbocycles. The molecule has 7 heteroatoms. The van der Waals surface area contributed by atoms with E-state index in [0.717, 1.165) is 54.2 Å². The number of nitrogens with two attached hydrogens (primary N) is 1. The number of carbonyl (C=O) groups is 1.